The third kappa shape index (κ3) is 5.70. The standard InChI is InChI=1S/C16H20N2O4S2/c1-3-22-24(20,21)11-14-7-5-4-6-13(14)8-9-15-10-23-16(18-15)17-12(2)19/h4-7,10H,3,8-9,11H2,1-2H3,(H,17,18,19). The molecule has 0 unspecified atom stereocenters. The van der Waals surface area contributed by atoms with Gasteiger partial charge in [0.1, 0.15) is 5.75 Å². The number of hydrogen-bond donors (Lipinski definition) is 1. The van der Waals surface area contributed by atoms with E-state index in [4.69, 9.17) is 4.18 Å². The van der Waals surface area contributed by atoms with Gasteiger partial charge in [-0.25, -0.2) is 4.98 Å². The molecule has 2 rings (SSSR count). The van der Waals surface area contributed by atoms with Gasteiger partial charge in [-0.15, -0.1) is 11.3 Å². The van der Waals surface area contributed by atoms with Crippen LogP contribution in [-0.4, -0.2) is 25.9 Å². The summed E-state index contributed by atoms with van der Waals surface area (Å²) in [6.45, 7) is 3.23. The molecule has 0 saturated carbocycles. The van der Waals surface area contributed by atoms with Crippen LogP contribution in [0.15, 0.2) is 29.6 Å². The molecule has 0 fully saturated rings. The third-order valence-electron chi connectivity index (χ3n) is 3.23. The van der Waals surface area contributed by atoms with Crippen LogP contribution in [0.4, 0.5) is 5.13 Å². The van der Waals surface area contributed by atoms with Crippen LogP contribution in [0.3, 0.4) is 0 Å². The quantitative estimate of drug-likeness (QED) is 0.724. The molecule has 1 heterocycles. The van der Waals surface area contributed by atoms with Crippen molar-refractivity contribution in [1.29, 1.82) is 0 Å². The molecular formula is C16H20N2O4S2. The van der Waals surface area contributed by atoms with Gasteiger partial charge in [0.2, 0.25) is 5.91 Å². The fraction of sp³-hybridized carbons (Fsp3) is 0.375. The molecule has 0 aliphatic carbocycles. The van der Waals surface area contributed by atoms with Gasteiger partial charge in [0, 0.05) is 12.3 Å². The summed E-state index contributed by atoms with van der Waals surface area (Å²) in [7, 11) is -3.56. The minimum Gasteiger partial charge on any atom is -0.302 e. The summed E-state index contributed by atoms with van der Waals surface area (Å²) in [4.78, 5) is 15.4. The first-order valence-corrected chi connectivity index (χ1v) is 10.0. The summed E-state index contributed by atoms with van der Waals surface area (Å²) < 4.78 is 28.5. The van der Waals surface area contributed by atoms with Gasteiger partial charge < -0.3 is 5.32 Å². The van der Waals surface area contributed by atoms with Gasteiger partial charge in [0.25, 0.3) is 10.1 Å². The predicted molar refractivity (Wildman–Crippen MR) is 94.5 cm³/mol. The first-order valence-electron chi connectivity index (χ1n) is 7.55. The SMILES string of the molecule is CCOS(=O)(=O)Cc1ccccc1CCc1csc(NC(C)=O)n1. The van der Waals surface area contributed by atoms with E-state index in [0.717, 1.165) is 16.8 Å². The summed E-state index contributed by atoms with van der Waals surface area (Å²) >= 11 is 1.37. The van der Waals surface area contributed by atoms with Crippen LogP contribution in [0.1, 0.15) is 30.7 Å². The number of nitrogens with zero attached hydrogens (tertiary/aromatic N) is 1. The van der Waals surface area contributed by atoms with E-state index in [0.29, 0.717) is 18.0 Å². The van der Waals surface area contributed by atoms with Gasteiger partial charge in [-0.3, -0.25) is 8.98 Å². The number of nitrogens with one attached hydrogen (secondary N) is 1. The molecule has 0 bridgehead atoms. The van der Waals surface area contributed by atoms with E-state index in [1.54, 1.807) is 13.0 Å². The summed E-state index contributed by atoms with van der Waals surface area (Å²) in [5, 5.41) is 5.12. The third-order valence-corrected chi connectivity index (χ3v) is 5.30. The summed E-state index contributed by atoms with van der Waals surface area (Å²) in [5.74, 6) is -0.284. The van der Waals surface area contributed by atoms with E-state index in [1.807, 2.05) is 23.6 Å². The lowest BCUT2D eigenvalue weighted by Gasteiger charge is -2.09. The number of hydrogen-bond acceptors (Lipinski definition) is 6. The van der Waals surface area contributed by atoms with Crippen molar-refractivity contribution in [1.82, 2.24) is 4.98 Å². The Morgan fingerprint density at radius 1 is 1.25 bits per heavy atom. The number of carbonyl (C=O) groups excluding carboxylic acids is 1. The highest BCUT2D eigenvalue weighted by molar-refractivity contribution is 7.85. The smallest absolute Gasteiger partial charge is 0.271 e. The number of anilines is 1. The molecule has 0 spiro atoms. The maximum atomic E-state index is 11.9. The summed E-state index contributed by atoms with van der Waals surface area (Å²) in [5.41, 5.74) is 2.56. The molecule has 24 heavy (non-hydrogen) atoms. The predicted octanol–water partition coefficient (Wildman–Crippen LogP) is 2.75. The number of benzene rings is 1. The van der Waals surface area contributed by atoms with Crippen molar-refractivity contribution in [2.24, 2.45) is 0 Å². The largest absolute Gasteiger partial charge is 0.302 e. The number of rotatable bonds is 8. The monoisotopic (exact) mass is 368 g/mol. The average Bonchev–Trinajstić information content (AvgIpc) is 2.92. The number of thiazole rings is 1. The molecule has 130 valence electrons. The van der Waals surface area contributed by atoms with Crippen LogP contribution < -0.4 is 5.32 Å². The van der Waals surface area contributed by atoms with Crippen molar-refractivity contribution in [3.63, 3.8) is 0 Å². The molecule has 1 amide bonds. The Hall–Kier alpha value is -1.77. The van der Waals surface area contributed by atoms with Gasteiger partial charge in [0.05, 0.1) is 12.3 Å². The topological polar surface area (TPSA) is 85.4 Å². The Balaban J connectivity index is 2.05. The van der Waals surface area contributed by atoms with Crippen molar-refractivity contribution in [3.8, 4) is 0 Å². The second-order valence-corrected chi connectivity index (χ2v) is 7.70. The lowest BCUT2D eigenvalue weighted by Crippen LogP contribution is -2.10. The van der Waals surface area contributed by atoms with Crippen LogP contribution >= 0.6 is 11.3 Å². The number of aromatic nitrogens is 1. The maximum absolute atomic E-state index is 11.9. The highest BCUT2D eigenvalue weighted by Gasteiger charge is 2.14. The highest BCUT2D eigenvalue weighted by atomic mass is 32.2. The van der Waals surface area contributed by atoms with Crippen molar-refractivity contribution in [2.75, 3.05) is 11.9 Å². The minimum atomic E-state index is -3.56. The lowest BCUT2D eigenvalue weighted by molar-refractivity contribution is -0.114. The van der Waals surface area contributed by atoms with Crippen LogP contribution in [0, 0.1) is 0 Å². The zero-order valence-corrected chi connectivity index (χ0v) is 15.2. The molecule has 8 heteroatoms. The zero-order chi connectivity index (χ0) is 17.6. The van der Waals surface area contributed by atoms with Crippen molar-refractivity contribution in [3.05, 3.63) is 46.5 Å². The zero-order valence-electron chi connectivity index (χ0n) is 13.6. The highest BCUT2D eigenvalue weighted by Crippen LogP contribution is 2.19. The summed E-state index contributed by atoms with van der Waals surface area (Å²) in [6, 6.07) is 7.42. The molecule has 1 N–H and O–H groups in total. The Labute approximate surface area is 146 Å². The van der Waals surface area contributed by atoms with Gasteiger partial charge in [-0.2, -0.15) is 8.42 Å². The first kappa shape index (κ1) is 18.6. The van der Waals surface area contributed by atoms with E-state index in [9.17, 15) is 13.2 Å². The molecule has 0 saturated heterocycles. The van der Waals surface area contributed by atoms with Crippen molar-refractivity contribution >= 4 is 32.5 Å². The van der Waals surface area contributed by atoms with E-state index < -0.39 is 10.1 Å². The summed E-state index contributed by atoms with van der Waals surface area (Å²) in [6.07, 6.45) is 1.34. The van der Waals surface area contributed by atoms with Crippen LogP contribution in [0.25, 0.3) is 0 Å². The first-order chi connectivity index (χ1) is 11.4. The van der Waals surface area contributed by atoms with E-state index in [2.05, 4.69) is 10.3 Å². The van der Waals surface area contributed by atoms with Crippen LogP contribution in [0.2, 0.25) is 0 Å². The molecule has 0 radical (unpaired) electrons. The van der Waals surface area contributed by atoms with Gasteiger partial charge in [-0.1, -0.05) is 24.3 Å². The Bertz CT molecular complexity index is 800. The molecule has 1 aromatic heterocycles. The second-order valence-electron chi connectivity index (χ2n) is 5.20. The Morgan fingerprint density at radius 2 is 1.96 bits per heavy atom. The average molecular weight is 368 g/mol. The normalized spacial score (nSPS) is 11.4. The molecule has 0 atom stereocenters. The molecule has 1 aromatic carbocycles. The Morgan fingerprint density at radius 3 is 2.62 bits per heavy atom. The van der Waals surface area contributed by atoms with Crippen molar-refractivity contribution in [2.45, 2.75) is 32.4 Å². The molecular weight excluding hydrogens is 348 g/mol. The van der Waals surface area contributed by atoms with Crippen molar-refractivity contribution < 1.29 is 17.4 Å². The van der Waals surface area contributed by atoms with Crippen LogP contribution in [0.5, 0.6) is 0 Å². The molecule has 0 aliphatic rings. The fourth-order valence-electron chi connectivity index (χ4n) is 2.25. The van der Waals surface area contributed by atoms with E-state index >= 15 is 0 Å². The van der Waals surface area contributed by atoms with E-state index in [1.165, 1.54) is 18.3 Å². The molecule has 0 aliphatic heterocycles. The fourth-order valence-corrected chi connectivity index (χ4v) is 4.14. The van der Waals surface area contributed by atoms with Gasteiger partial charge in [-0.05, 0) is 30.9 Å². The minimum absolute atomic E-state index is 0.134. The van der Waals surface area contributed by atoms with Gasteiger partial charge in [0.15, 0.2) is 5.13 Å². The number of carbonyl (C=O) groups is 1. The van der Waals surface area contributed by atoms with E-state index in [-0.39, 0.29) is 18.3 Å². The van der Waals surface area contributed by atoms with Crippen LogP contribution in [-0.2, 0) is 37.7 Å². The maximum Gasteiger partial charge on any atom is 0.271 e. The number of amides is 1. The lowest BCUT2D eigenvalue weighted by atomic mass is 10.0. The molecule has 6 nitrogen and oxygen atoms in total. The second kappa shape index (κ2) is 8.36. The Kier molecular flexibility index (Phi) is 6.47. The molecule has 2 aromatic rings. The van der Waals surface area contributed by atoms with Gasteiger partial charge >= 0.3 is 0 Å². The number of aryl methyl sites for hydroxylation is 2.